The van der Waals surface area contributed by atoms with Crippen molar-refractivity contribution < 1.29 is 23.9 Å². The van der Waals surface area contributed by atoms with Crippen LogP contribution in [0.3, 0.4) is 0 Å². The van der Waals surface area contributed by atoms with Crippen molar-refractivity contribution in [1.82, 2.24) is 9.47 Å². The number of methoxy groups -OCH3 is 1. The molecule has 1 aromatic carbocycles. The zero-order valence-electron chi connectivity index (χ0n) is 18.9. The maximum atomic E-state index is 13.1. The van der Waals surface area contributed by atoms with Crippen LogP contribution in [0.25, 0.3) is 0 Å². The second-order valence-electron chi connectivity index (χ2n) is 8.24. The molecule has 9 nitrogen and oxygen atoms in total. The largest absolute Gasteiger partial charge is 0.493 e. The summed E-state index contributed by atoms with van der Waals surface area (Å²) in [5, 5.41) is 2.78. The van der Waals surface area contributed by atoms with Crippen molar-refractivity contribution >= 4 is 35.7 Å². The third kappa shape index (κ3) is 4.92. The monoisotopic (exact) mass is 452 g/mol. The molecule has 1 aromatic heterocycles. The molecular weight excluding hydrogens is 424 g/mol. The molecule has 2 aliphatic rings. The molecule has 0 spiro atoms. The van der Waals surface area contributed by atoms with E-state index in [0.29, 0.717) is 47.2 Å². The maximum Gasteiger partial charge on any atom is 0.256 e. The molecule has 2 aromatic rings. The van der Waals surface area contributed by atoms with Gasteiger partial charge in [-0.3, -0.25) is 19.4 Å². The summed E-state index contributed by atoms with van der Waals surface area (Å²) in [6, 6.07) is 5.25. The molecule has 0 aliphatic carbocycles. The summed E-state index contributed by atoms with van der Waals surface area (Å²) in [5.41, 5.74) is 2.14. The zero-order valence-corrected chi connectivity index (χ0v) is 18.9. The van der Waals surface area contributed by atoms with E-state index in [1.165, 1.54) is 7.11 Å². The van der Waals surface area contributed by atoms with Crippen molar-refractivity contribution in [2.75, 3.05) is 25.6 Å². The van der Waals surface area contributed by atoms with Crippen LogP contribution < -0.4 is 14.8 Å². The number of carbonyl (C=O) groups is 3. The van der Waals surface area contributed by atoms with Crippen LogP contribution in [0.1, 0.15) is 53.0 Å². The number of aldehydes is 1. The molecule has 1 unspecified atom stereocenters. The Labute approximate surface area is 192 Å². The van der Waals surface area contributed by atoms with Crippen LogP contribution in [0.5, 0.6) is 11.5 Å². The third-order valence-corrected chi connectivity index (χ3v) is 6.01. The van der Waals surface area contributed by atoms with Crippen LogP contribution >= 0.6 is 0 Å². The topological polar surface area (TPSA) is 102 Å². The molecule has 0 radical (unpaired) electrons. The first-order chi connectivity index (χ1) is 16.0. The summed E-state index contributed by atoms with van der Waals surface area (Å²) in [4.78, 5) is 42.6. The number of anilines is 1. The van der Waals surface area contributed by atoms with Crippen molar-refractivity contribution in [2.24, 2.45) is 12.0 Å². The third-order valence-electron chi connectivity index (χ3n) is 6.01. The number of nitrogens with zero attached hydrogens (tertiary/aromatic N) is 3. The summed E-state index contributed by atoms with van der Waals surface area (Å²) in [6.45, 7) is 1.06. The molecule has 0 saturated carbocycles. The minimum Gasteiger partial charge on any atom is -0.493 e. The van der Waals surface area contributed by atoms with E-state index >= 15 is 0 Å². The molecule has 9 heteroatoms. The van der Waals surface area contributed by atoms with Crippen molar-refractivity contribution in [3.05, 3.63) is 35.7 Å². The lowest BCUT2D eigenvalue weighted by Crippen LogP contribution is -2.36. The number of ether oxygens (including phenoxy) is 2. The number of aryl methyl sites for hydroxylation is 1. The molecule has 1 atom stereocenters. The number of benzene rings is 1. The number of hydrogen-bond acceptors (Lipinski definition) is 6. The Morgan fingerprint density at radius 2 is 2.15 bits per heavy atom. The maximum absolute atomic E-state index is 13.1. The molecule has 1 N–H and O–H groups in total. The number of rotatable bonds is 8. The van der Waals surface area contributed by atoms with Crippen LogP contribution in [-0.2, 0) is 11.8 Å². The molecule has 33 heavy (non-hydrogen) atoms. The number of aromatic nitrogens is 1. The number of hydrogen-bond donors (Lipinski definition) is 1. The van der Waals surface area contributed by atoms with Gasteiger partial charge in [0.25, 0.3) is 5.91 Å². The van der Waals surface area contributed by atoms with Crippen molar-refractivity contribution in [1.29, 1.82) is 0 Å². The lowest BCUT2D eigenvalue weighted by molar-refractivity contribution is -0.116. The molecule has 174 valence electrons. The fraction of sp³-hybridized carbons (Fsp3) is 0.417. The Morgan fingerprint density at radius 1 is 1.30 bits per heavy atom. The molecular formula is C24H28N4O5. The van der Waals surface area contributed by atoms with E-state index in [-0.39, 0.29) is 24.3 Å². The summed E-state index contributed by atoms with van der Waals surface area (Å²) >= 11 is 0. The van der Waals surface area contributed by atoms with Gasteiger partial charge in [-0.1, -0.05) is 0 Å². The first-order valence-corrected chi connectivity index (χ1v) is 11.1. The number of amides is 2. The minimum absolute atomic E-state index is 0.0236. The number of carbonyl (C=O) groups excluding carboxylic acids is 3. The van der Waals surface area contributed by atoms with Crippen molar-refractivity contribution in [3.8, 4) is 11.5 Å². The summed E-state index contributed by atoms with van der Waals surface area (Å²) in [7, 11) is 3.27. The van der Waals surface area contributed by atoms with Gasteiger partial charge in [-0.15, -0.1) is 0 Å². The normalized spacial score (nSPS) is 18.1. The summed E-state index contributed by atoms with van der Waals surface area (Å²) < 4.78 is 13.0. The number of aliphatic imine (C=N–C) groups is 1. The lowest BCUT2D eigenvalue weighted by Gasteiger charge is -2.26. The molecule has 2 aliphatic heterocycles. The van der Waals surface area contributed by atoms with Crippen molar-refractivity contribution in [3.63, 3.8) is 0 Å². The highest BCUT2D eigenvalue weighted by atomic mass is 16.5. The van der Waals surface area contributed by atoms with E-state index in [4.69, 9.17) is 9.47 Å². The van der Waals surface area contributed by atoms with Gasteiger partial charge in [-0.25, -0.2) is 0 Å². The fourth-order valence-electron chi connectivity index (χ4n) is 4.28. The van der Waals surface area contributed by atoms with Crippen molar-refractivity contribution in [2.45, 2.75) is 38.1 Å². The molecule has 1 fully saturated rings. The van der Waals surface area contributed by atoms with Crippen LogP contribution in [0.4, 0.5) is 11.4 Å². The van der Waals surface area contributed by atoms with Gasteiger partial charge in [-0.05, 0) is 31.4 Å². The zero-order chi connectivity index (χ0) is 23.4. The van der Waals surface area contributed by atoms with Gasteiger partial charge in [0.2, 0.25) is 5.91 Å². The first kappa shape index (κ1) is 22.6. The summed E-state index contributed by atoms with van der Waals surface area (Å²) in [6.07, 6.45) is 7.79. The predicted molar refractivity (Wildman–Crippen MR) is 124 cm³/mol. The van der Waals surface area contributed by atoms with Gasteiger partial charge in [0.15, 0.2) is 17.8 Å². The van der Waals surface area contributed by atoms with E-state index in [0.717, 1.165) is 32.1 Å². The van der Waals surface area contributed by atoms with Gasteiger partial charge in [0.05, 0.1) is 36.3 Å². The first-order valence-electron chi connectivity index (χ1n) is 11.1. The quantitative estimate of drug-likeness (QED) is 0.489. The average Bonchev–Trinajstić information content (AvgIpc) is 3.40. The lowest BCUT2D eigenvalue weighted by atomic mass is 10.1. The fourth-order valence-corrected chi connectivity index (χ4v) is 4.28. The van der Waals surface area contributed by atoms with E-state index in [1.807, 2.05) is 11.1 Å². The van der Waals surface area contributed by atoms with Gasteiger partial charge >= 0.3 is 0 Å². The Morgan fingerprint density at radius 3 is 2.91 bits per heavy atom. The molecule has 4 rings (SSSR count). The van der Waals surface area contributed by atoms with Gasteiger partial charge in [-0.2, -0.15) is 0 Å². The van der Waals surface area contributed by atoms with Crippen LogP contribution in [0, 0.1) is 0 Å². The highest BCUT2D eigenvalue weighted by Gasteiger charge is 2.32. The highest BCUT2D eigenvalue weighted by molar-refractivity contribution is 6.01. The molecule has 1 saturated heterocycles. The SMILES string of the molecule is COc1cc2c(cc1OCCCC(=O)Nc1cc(C=O)n(C)c1)/N=C\CC1CCCN1C2=O. The van der Waals surface area contributed by atoms with Gasteiger partial charge < -0.3 is 24.3 Å². The van der Waals surface area contributed by atoms with E-state index < -0.39 is 0 Å². The second kappa shape index (κ2) is 9.89. The Balaban J connectivity index is 1.37. The van der Waals surface area contributed by atoms with E-state index in [2.05, 4.69) is 10.3 Å². The highest BCUT2D eigenvalue weighted by Crippen LogP contribution is 2.38. The molecule has 3 heterocycles. The Kier molecular flexibility index (Phi) is 6.76. The smallest absolute Gasteiger partial charge is 0.256 e. The summed E-state index contributed by atoms with van der Waals surface area (Å²) in [5.74, 6) is 0.759. The van der Waals surface area contributed by atoms with Crippen LogP contribution in [0.2, 0.25) is 0 Å². The number of nitrogens with one attached hydrogen (secondary N) is 1. The molecule has 2 amide bonds. The van der Waals surface area contributed by atoms with Gasteiger partial charge in [0.1, 0.15) is 0 Å². The average molecular weight is 453 g/mol. The van der Waals surface area contributed by atoms with Crippen LogP contribution in [0.15, 0.2) is 29.4 Å². The van der Waals surface area contributed by atoms with E-state index in [1.54, 1.807) is 36.0 Å². The predicted octanol–water partition coefficient (Wildman–Crippen LogP) is 3.35. The standard InChI is InChI=1S/C24H28N4O5/c1-27-14-16(11-18(27)15-29)26-23(30)6-4-10-33-22-13-20-19(12-21(22)32-2)24(31)28-9-3-5-17(28)7-8-25-20/h8,11-15,17H,3-7,9-10H2,1-2H3,(H,26,30)/b25-8-. The molecule has 0 bridgehead atoms. The Hall–Kier alpha value is -3.62. The second-order valence-corrected chi connectivity index (χ2v) is 8.24. The van der Waals surface area contributed by atoms with E-state index in [9.17, 15) is 14.4 Å². The minimum atomic E-state index is -0.165. The van der Waals surface area contributed by atoms with Gasteiger partial charge in [0, 0.05) is 51.0 Å². The number of fused-ring (bicyclic) bond motifs is 2. The van der Waals surface area contributed by atoms with Crippen LogP contribution in [-0.4, -0.2) is 60.1 Å². The Bertz CT molecular complexity index is 1090.